The van der Waals surface area contributed by atoms with Crippen LogP contribution in [-0.2, 0) is 4.79 Å². The molecule has 2 amide bonds. The van der Waals surface area contributed by atoms with Crippen molar-refractivity contribution in [2.24, 2.45) is 11.8 Å². The van der Waals surface area contributed by atoms with E-state index in [-0.39, 0.29) is 29.7 Å². The zero-order valence-corrected chi connectivity index (χ0v) is 12.5. The maximum atomic E-state index is 12.1. The number of amides is 2. The van der Waals surface area contributed by atoms with Gasteiger partial charge in [0.2, 0.25) is 0 Å². The molecule has 0 spiro atoms. The molecule has 0 unspecified atom stereocenters. The summed E-state index contributed by atoms with van der Waals surface area (Å²) >= 11 is 1.86. The van der Waals surface area contributed by atoms with Crippen molar-refractivity contribution in [3.05, 3.63) is 0 Å². The van der Waals surface area contributed by atoms with Gasteiger partial charge in [-0.25, -0.2) is 4.79 Å². The molecule has 1 saturated heterocycles. The van der Waals surface area contributed by atoms with Crippen LogP contribution in [0.1, 0.15) is 27.7 Å². The number of nitrogens with one attached hydrogen (secondary N) is 1. The van der Waals surface area contributed by atoms with Gasteiger partial charge in [0.25, 0.3) is 0 Å². The van der Waals surface area contributed by atoms with E-state index in [0.29, 0.717) is 0 Å². The Morgan fingerprint density at radius 1 is 1.11 bits per heavy atom. The Balaban J connectivity index is 2.60. The number of carbonyl (C=O) groups is 2. The van der Waals surface area contributed by atoms with Crippen LogP contribution in [0.5, 0.6) is 0 Å². The first kappa shape index (κ1) is 15.3. The number of Topliss-reactive ketones (excluding diaryl/α,β-unsaturated/α-hetero) is 1. The quantitative estimate of drug-likeness (QED) is 0.851. The summed E-state index contributed by atoms with van der Waals surface area (Å²) < 4.78 is 0. The molecule has 104 valence electrons. The van der Waals surface area contributed by atoms with Crippen LogP contribution in [0.3, 0.4) is 0 Å². The third kappa shape index (κ3) is 4.19. The third-order valence-electron chi connectivity index (χ3n) is 3.12. The van der Waals surface area contributed by atoms with E-state index < -0.39 is 0 Å². The van der Waals surface area contributed by atoms with Crippen LogP contribution < -0.4 is 5.32 Å². The first-order chi connectivity index (χ1) is 8.43. The Kier molecular flexibility index (Phi) is 5.99. The van der Waals surface area contributed by atoms with E-state index >= 15 is 0 Å². The molecule has 1 heterocycles. The van der Waals surface area contributed by atoms with E-state index in [1.165, 1.54) is 0 Å². The maximum Gasteiger partial charge on any atom is 0.318 e. The molecule has 1 N–H and O–H groups in total. The van der Waals surface area contributed by atoms with Gasteiger partial charge in [0.1, 0.15) is 0 Å². The highest BCUT2D eigenvalue weighted by Crippen LogP contribution is 2.12. The van der Waals surface area contributed by atoms with Gasteiger partial charge >= 0.3 is 6.03 Å². The van der Waals surface area contributed by atoms with E-state index in [1.54, 1.807) is 4.90 Å². The van der Waals surface area contributed by atoms with Crippen LogP contribution in [0.2, 0.25) is 0 Å². The second-order valence-electron chi connectivity index (χ2n) is 5.33. The van der Waals surface area contributed by atoms with Gasteiger partial charge in [0.05, 0.1) is 6.04 Å². The molecule has 1 aliphatic rings. The molecular weight excluding hydrogens is 248 g/mol. The van der Waals surface area contributed by atoms with Gasteiger partial charge in [0.15, 0.2) is 5.78 Å². The summed E-state index contributed by atoms with van der Waals surface area (Å²) in [6.07, 6.45) is 0. The van der Waals surface area contributed by atoms with Crippen LogP contribution >= 0.6 is 11.8 Å². The molecule has 0 aromatic rings. The molecule has 1 aliphatic heterocycles. The second kappa shape index (κ2) is 7.02. The standard InChI is InChI=1S/C13H24N2O2S/c1-9(2)11(12(16)10(3)4)14-13(17)15-5-7-18-8-6-15/h9-11H,5-8H2,1-4H3,(H,14,17)/t11-/m0/s1. The van der Waals surface area contributed by atoms with Gasteiger partial charge in [0, 0.05) is 30.5 Å². The van der Waals surface area contributed by atoms with E-state index in [1.807, 2.05) is 39.5 Å². The minimum absolute atomic E-state index is 0.0467. The van der Waals surface area contributed by atoms with Gasteiger partial charge in [-0.1, -0.05) is 27.7 Å². The van der Waals surface area contributed by atoms with Gasteiger partial charge in [-0.05, 0) is 5.92 Å². The number of hydrogen-bond donors (Lipinski definition) is 1. The monoisotopic (exact) mass is 272 g/mol. The number of hydrogen-bond acceptors (Lipinski definition) is 3. The van der Waals surface area contributed by atoms with Gasteiger partial charge in [-0.15, -0.1) is 0 Å². The molecule has 1 fully saturated rings. The molecule has 5 heteroatoms. The Hall–Kier alpha value is -0.710. The molecule has 18 heavy (non-hydrogen) atoms. The second-order valence-corrected chi connectivity index (χ2v) is 6.55. The van der Waals surface area contributed by atoms with Crippen molar-refractivity contribution in [2.75, 3.05) is 24.6 Å². The molecular formula is C13H24N2O2S. The lowest BCUT2D eigenvalue weighted by atomic mass is 9.93. The predicted molar refractivity (Wildman–Crippen MR) is 75.9 cm³/mol. The molecule has 0 bridgehead atoms. The molecule has 4 nitrogen and oxygen atoms in total. The van der Waals surface area contributed by atoms with Gasteiger partial charge < -0.3 is 10.2 Å². The summed E-state index contributed by atoms with van der Waals surface area (Å²) in [6, 6.07) is -0.463. The smallest absolute Gasteiger partial charge is 0.318 e. The third-order valence-corrected chi connectivity index (χ3v) is 4.06. The molecule has 0 aliphatic carbocycles. The Labute approximate surface area is 114 Å². The zero-order valence-electron chi connectivity index (χ0n) is 11.7. The maximum absolute atomic E-state index is 12.1. The van der Waals surface area contributed by atoms with E-state index in [0.717, 1.165) is 24.6 Å². The van der Waals surface area contributed by atoms with Crippen molar-refractivity contribution in [3.63, 3.8) is 0 Å². The summed E-state index contributed by atoms with van der Waals surface area (Å²) in [6.45, 7) is 9.24. The fraction of sp³-hybridized carbons (Fsp3) is 0.846. The molecule has 0 radical (unpaired) electrons. The van der Waals surface area contributed by atoms with Crippen molar-refractivity contribution in [3.8, 4) is 0 Å². The molecule has 1 rings (SSSR count). The largest absolute Gasteiger partial charge is 0.328 e. The van der Waals surface area contributed by atoms with Gasteiger partial charge in [-0.3, -0.25) is 4.79 Å². The highest BCUT2D eigenvalue weighted by molar-refractivity contribution is 7.99. The lowest BCUT2D eigenvalue weighted by molar-refractivity contribution is -0.124. The topological polar surface area (TPSA) is 49.4 Å². The number of urea groups is 1. The molecule has 0 aromatic carbocycles. The summed E-state index contributed by atoms with van der Waals surface area (Å²) in [5.74, 6) is 2.16. The zero-order chi connectivity index (χ0) is 13.7. The summed E-state index contributed by atoms with van der Waals surface area (Å²) in [7, 11) is 0. The van der Waals surface area contributed by atoms with Crippen molar-refractivity contribution in [1.82, 2.24) is 10.2 Å². The summed E-state index contributed by atoms with van der Waals surface area (Å²) in [5.41, 5.74) is 0. The van der Waals surface area contributed by atoms with Crippen molar-refractivity contribution < 1.29 is 9.59 Å². The van der Waals surface area contributed by atoms with E-state index in [4.69, 9.17) is 0 Å². The van der Waals surface area contributed by atoms with Crippen LogP contribution in [0.15, 0.2) is 0 Å². The Morgan fingerprint density at radius 3 is 2.11 bits per heavy atom. The Bertz CT molecular complexity index is 299. The lowest BCUT2D eigenvalue weighted by Crippen LogP contribution is -2.52. The highest BCUT2D eigenvalue weighted by Gasteiger charge is 2.28. The molecule has 1 atom stereocenters. The minimum atomic E-state index is -0.368. The average molecular weight is 272 g/mol. The Morgan fingerprint density at radius 2 is 1.67 bits per heavy atom. The predicted octanol–water partition coefficient (Wildman–Crippen LogP) is 1.99. The summed E-state index contributed by atoms with van der Waals surface area (Å²) in [5, 5.41) is 2.90. The van der Waals surface area contributed by atoms with Crippen LogP contribution in [-0.4, -0.2) is 47.4 Å². The van der Waals surface area contributed by atoms with E-state index in [2.05, 4.69) is 5.32 Å². The molecule has 0 saturated carbocycles. The molecule has 0 aromatic heterocycles. The lowest BCUT2D eigenvalue weighted by Gasteiger charge is -2.30. The number of carbonyl (C=O) groups excluding carboxylic acids is 2. The van der Waals surface area contributed by atoms with Crippen molar-refractivity contribution in [2.45, 2.75) is 33.7 Å². The van der Waals surface area contributed by atoms with Crippen LogP contribution in [0, 0.1) is 11.8 Å². The van der Waals surface area contributed by atoms with Crippen LogP contribution in [0.25, 0.3) is 0 Å². The summed E-state index contributed by atoms with van der Waals surface area (Å²) in [4.78, 5) is 26.0. The fourth-order valence-corrected chi connectivity index (χ4v) is 2.82. The van der Waals surface area contributed by atoms with Gasteiger partial charge in [-0.2, -0.15) is 11.8 Å². The number of ketones is 1. The first-order valence-corrected chi connectivity index (χ1v) is 7.76. The fourth-order valence-electron chi connectivity index (χ4n) is 1.92. The normalized spacial score (nSPS) is 18.0. The highest BCUT2D eigenvalue weighted by atomic mass is 32.2. The van der Waals surface area contributed by atoms with Crippen molar-refractivity contribution >= 4 is 23.6 Å². The SMILES string of the molecule is CC(C)C(=O)[C@@H](NC(=O)N1CCSCC1)C(C)C. The average Bonchev–Trinajstić information content (AvgIpc) is 2.35. The minimum Gasteiger partial charge on any atom is -0.328 e. The van der Waals surface area contributed by atoms with Crippen molar-refractivity contribution in [1.29, 1.82) is 0 Å². The first-order valence-electron chi connectivity index (χ1n) is 6.60. The number of nitrogens with zero attached hydrogens (tertiary/aromatic N) is 1. The van der Waals surface area contributed by atoms with E-state index in [9.17, 15) is 9.59 Å². The van der Waals surface area contributed by atoms with Crippen LogP contribution in [0.4, 0.5) is 4.79 Å². The number of thioether (sulfide) groups is 1. The number of rotatable bonds is 4.